The summed E-state index contributed by atoms with van der Waals surface area (Å²) in [6, 6.07) is 0. The zero-order valence-electron chi connectivity index (χ0n) is 10.4. The maximum absolute atomic E-state index is 11.7. The molecule has 2 saturated heterocycles. The maximum Gasteiger partial charge on any atom is 0.248 e. The summed E-state index contributed by atoms with van der Waals surface area (Å²) in [4.78, 5) is 16.1. The van der Waals surface area contributed by atoms with Gasteiger partial charge in [-0.25, -0.2) is 0 Å². The predicted molar refractivity (Wildman–Crippen MR) is 62.2 cm³/mol. The number of likely N-dealkylation sites (tertiary alicyclic amines) is 2. The normalized spacial score (nSPS) is 25.2. The monoisotopic (exact) mass is 226 g/mol. The largest absolute Gasteiger partial charge is 0.375 e. The number of amides is 1. The van der Waals surface area contributed by atoms with Crippen LogP contribution in [0.15, 0.2) is 0 Å². The van der Waals surface area contributed by atoms with E-state index in [1.165, 1.54) is 32.4 Å². The molecule has 0 aromatic carbocycles. The van der Waals surface area contributed by atoms with E-state index in [9.17, 15) is 4.79 Å². The highest BCUT2D eigenvalue weighted by atomic mass is 16.5. The van der Waals surface area contributed by atoms with Gasteiger partial charge in [-0.05, 0) is 44.8 Å². The van der Waals surface area contributed by atoms with Gasteiger partial charge in [0.15, 0.2) is 0 Å². The Balaban J connectivity index is 1.89. The number of carbonyl (C=O) groups excluding carboxylic acids is 1. The van der Waals surface area contributed by atoms with Crippen molar-refractivity contribution >= 4 is 5.91 Å². The fourth-order valence-corrected chi connectivity index (χ4v) is 2.86. The number of nitrogens with zero attached hydrogens (tertiary/aromatic N) is 2. The molecule has 4 nitrogen and oxygen atoms in total. The van der Waals surface area contributed by atoms with Crippen molar-refractivity contribution in [1.29, 1.82) is 0 Å². The van der Waals surface area contributed by atoms with E-state index in [0.29, 0.717) is 5.41 Å². The molecule has 0 N–H and O–H groups in total. The second-order valence-electron chi connectivity index (χ2n) is 5.30. The first-order chi connectivity index (χ1) is 7.65. The predicted octanol–water partition coefficient (Wildman–Crippen LogP) is 0.577. The van der Waals surface area contributed by atoms with Crippen molar-refractivity contribution in [2.75, 3.05) is 46.9 Å². The quantitative estimate of drug-likeness (QED) is 0.690. The average Bonchev–Trinajstić information content (AvgIpc) is 2.68. The van der Waals surface area contributed by atoms with Crippen LogP contribution in [0.3, 0.4) is 0 Å². The van der Waals surface area contributed by atoms with Crippen LogP contribution in [0.4, 0.5) is 0 Å². The van der Waals surface area contributed by atoms with Gasteiger partial charge in [0.05, 0.1) is 0 Å². The first kappa shape index (κ1) is 11.9. The highest BCUT2D eigenvalue weighted by molar-refractivity contribution is 5.77. The smallest absolute Gasteiger partial charge is 0.248 e. The van der Waals surface area contributed by atoms with Gasteiger partial charge in [-0.1, -0.05) is 0 Å². The molecule has 1 amide bonds. The zero-order valence-corrected chi connectivity index (χ0v) is 10.4. The summed E-state index contributed by atoms with van der Waals surface area (Å²) in [6.45, 7) is 4.45. The first-order valence-corrected chi connectivity index (χ1v) is 6.10. The number of ether oxygens (including phenoxy) is 1. The van der Waals surface area contributed by atoms with Crippen molar-refractivity contribution in [3.63, 3.8) is 0 Å². The minimum absolute atomic E-state index is 0.151. The van der Waals surface area contributed by atoms with Crippen molar-refractivity contribution < 1.29 is 9.53 Å². The molecule has 2 aliphatic heterocycles. The van der Waals surface area contributed by atoms with Gasteiger partial charge >= 0.3 is 0 Å². The molecule has 1 spiro atoms. The van der Waals surface area contributed by atoms with Gasteiger partial charge in [-0.3, -0.25) is 4.79 Å². The van der Waals surface area contributed by atoms with Gasteiger partial charge in [0.1, 0.15) is 6.61 Å². The molecule has 0 aromatic heterocycles. The number of hydrogen-bond donors (Lipinski definition) is 0. The minimum atomic E-state index is 0.151. The molecular formula is C12H22N2O2. The van der Waals surface area contributed by atoms with Crippen molar-refractivity contribution in [3.05, 3.63) is 0 Å². The summed E-state index contributed by atoms with van der Waals surface area (Å²) >= 11 is 0. The van der Waals surface area contributed by atoms with Crippen LogP contribution in [-0.4, -0.2) is 62.7 Å². The molecule has 16 heavy (non-hydrogen) atoms. The highest BCUT2D eigenvalue weighted by Crippen LogP contribution is 2.39. The molecule has 0 atom stereocenters. The fraction of sp³-hybridized carbons (Fsp3) is 0.917. The first-order valence-electron chi connectivity index (χ1n) is 6.10. The van der Waals surface area contributed by atoms with E-state index in [-0.39, 0.29) is 12.5 Å². The van der Waals surface area contributed by atoms with E-state index in [1.807, 2.05) is 4.90 Å². The van der Waals surface area contributed by atoms with Gasteiger partial charge in [0.2, 0.25) is 5.91 Å². The third-order valence-electron chi connectivity index (χ3n) is 4.11. The molecule has 4 heteroatoms. The third kappa shape index (κ3) is 2.38. The van der Waals surface area contributed by atoms with Gasteiger partial charge in [0.25, 0.3) is 0 Å². The molecule has 2 rings (SSSR count). The Hall–Kier alpha value is -0.610. The number of piperidine rings is 1. The van der Waals surface area contributed by atoms with Crippen LogP contribution in [-0.2, 0) is 9.53 Å². The van der Waals surface area contributed by atoms with Crippen molar-refractivity contribution in [2.24, 2.45) is 5.41 Å². The van der Waals surface area contributed by atoms with E-state index in [4.69, 9.17) is 4.74 Å². The Morgan fingerprint density at radius 3 is 2.50 bits per heavy atom. The van der Waals surface area contributed by atoms with E-state index >= 15 is 0 Å². The van der Waals surface area contributed by atoms with Crippen LogP contribution >= 0.6 is 0 Å². The SMILES string of the molecule is COCC(=O)N1CCC2(CCN(C)CC2)C1. The van der Waals surface area contributed by atoms with Gasteiger partial charge < -0.3 is 14.5 Å². The second kappa shape index (κ2) is 4.72. The molecule has 0 unspecified atom stereocenters. The van der Waals surface area contributed by atoms with E-state index in [1.54, 1.807) is 7.11 Å². The van der Waals surface area contributed by atoms with Crippen molar-refractivity contribution in [1.82, 2.24) is 9.80 Å². The Labute approximate surface area is 97.5 Å². The lowest BCUT2D eigenvalue weighted by Gasteiger charge is -2.37. The maximum atomic E-state index is 11.7. The number of hydrogen-bond acceptors (Lipinski definition) is 3. The summed E-state index contributed by atoms with van der Waals surface area (Å²) in [5.74, 6) is 0.151. The summed E-state index contributed by atoms with van der Waals surface area (Å²) in [7, 11) is 3.76. The molecule has 0 bridgehead atoms. The second-order valence-corrected chi connectivity index (χ2v) is 5.30. The van der Waals surface area contributed by atoms with Crippen LogP contribution in [0.1, 0.15) is 19.3 Å². The van der Waals surface area contributed by atoms with E-state index in [2.05, 4.69) is 11.9 Å². The Morgan fingerprint density at radius 1 is 1.25 bits per heavy atom. The van der Waals surface area contributed by atoms with Crippen LogP contribution in [0.25, 0.3) is 0 Å². The molecule has 0 saturated carbocycles. The topological polar surface area (TPSA) is 32.8 Å². The number of carbonyl (C=O) groups is 1. The molecule has 0 aliphatic carbocycles. The number of rotatable bonds is 2. The zero-order chi connectivity index (χ0) is 11.6. The third-order valence-corrected chi connectivity index (χ3v) is 4.11. The van der Waals surface area contributed by atoms with Crippen molar-refractivity contribution in [3.8, 4) is 0 Å². The minimum Gasteiger partial charge on any atom is -0.375 e. The molecule has 92 valence electrons. The molecule has 2 aliphatic rings. The summed E-state index contributed by atoms with van der Waals surface area (Å²) in [5, 5.41) is 0. The standard InChI is InChI=1S/C12H22N2O2/c1-13-6-3-12(4-7-13)5-8-14(10-12)11(15)9-16-2/h3-10H2,1-2H3. The molecule has 2 fully saturated rings. The van der Waals surface area contributed by atoms with Gasteiger partial charge in [0, 0.05) is 20.2 Å². The lowest BCUT2D eigenvalue weighted by atomic mass is 9.78. The Morgan fingerprint density at radius 2 is 1.88 bits per heavy atom. The average molecular weight is 226 g/mol. The van der Waals surface area contributed by atoms with Crippen LogP contribution < -0.4 is 0 Å². The molecular weight excluding hydrogens is 204 g/mol. The van der Waals surface area contributed by atoms with Crippen LogP contribution in [0.2, 0.25) is 0 Å². The Kier molecular flexibility index (Phi) is 3.50. The molecule has 2 heterocycles. The van der Waals surface area contributed by atoms with Crippen LogP contribution in [0.5, 0.6) is 0 Å². The highest BCUT2D eigenvalue weighted by Gasteiger charge is 2.41. The summed E-state index contributed by atoms with van der Waals surface area (Å²) in [6.07, 6.45) is 3.65. The Bertz CT molecular complexity index is 260. The van der Waals surface area contributed by atoms with Gasteiger partial charge in [-0.15, -0.1) is 0 Å². The summed E-state index contributed by atoms with van der Waals surface area (Å²) < 4.78 is 4.91. The molecule has 0 radical (unpaired) electrons. The van der Waals surface area contributed by atoms with E-state index < -0.39 is 0 Å². The van der Waals surface area contributed by atoms with E-state index in [0.717, 1.165) is 13.1 Å². The lowest BCUT2D eigenvalue weighted by molar-refractivity contribution is -0.134. The van der Waals surface area contributed by atoms with Gasteiger partial charge in [-0.2, -0.15) is 0 Å². The van der Waals surface area contributed by atoms with Crippen molar-refractivity contribution in [2.45, 2.75) is 19.3 Å². The summed E-state index contributed by atoms with van der Waals surface area (Å²) in [5.41, 5.74) is 0.413. The van der Waals surface area contributed by atoms with Crippen LogP contribution in [0, 0.1) is 5.41 Å². The molecule has 0 aromatic rings. The number of methoxy groups -OCH3 is 1. The lowest BCUT2D eigenvalue weighted by Crippen LogP contribution is -2.41. The fourth-order valence-electron chi connectivity index (χ4n) is 2.86.